The lowest BCUT2D eigenvalue weighted by molar-refractivity contribution is 0.439. The van der Waals surface area contributed by atoms with Crippen LogP contribution in [0.25, 0.3) is 5.78 Å². The van der Waals surface area contributed by atoms with Crippen LogP contribution in [0.2, 0.25) is 0 Å². The summed E-state index contributed by atoms with van der Waals surface area (Å²) < 4.78 is 12.8. The fourth-order valence-electron chi connectivity index (χ4n) is 2.97. The Balaban J connectivity index is 1.30. The van der Waals surface area contributed by atoms with E-state index in [1.807, 2.05) is 73.0 Å². The van der Waals surface area contributed by atoms with Crippen LogP contribution >= 0.6 is 12.1 Å². The molecule has 5 rings (SSSR count). The molecular formula is C19H17N7OS. The molecule has 2 aliphatic rings. The molecule has 8 nitrogen and oxygen atoms in total. The quantitative estimate of drug-likeness (QED) is 0.654. The molecule has 0 bridgehead atoms. The number of ether oxygens (including phenoxy) is 1. The molecule has 1 aromatic carbocycles. The standard InChI is InChI=1S/C19H17N7OS/c1-12-9-13(2)26-19(21-12)23-18(24-26)22-14-3-5-16(6-4-14)27-17-7-8-25-15(10-17)11-20-28-25/h3-11,20H,1-2H3,(H,22,24). The first-order chi connectivity index (χ1) is 13.6. The van der Waals surface area contributed by atoms with Crippen molar-refractivity contribution >= 4 is 29.5 Å². The molecule has 0 spiro atoms. The van der Waals surface area contributed by atoms with Crippen molar-refractivity contribution in [2.24, 2.45) is 0 Å². The second-order valence-corrected chi connectivity index (χ2v) is 7.22. The molecule has 140 valence electrons. The summed E-state index contributed by atoms with van der Waals surface area (Å²) in [5, 5.41) is 7.67. The third kappa shape index (κ3) is 3.16. The predicted molar refractivity (Wildman–Crippen MR) is 108 cm³/mol. The van der Waals surface area contributed by atoms with Gasteiger partial charge in [-0.15, -0.1) is 5.10 Å². The second-order valence-electron chi connectivity index (χ2n) is 6.40. The van der Waals surface area contributed by atoms with Gasteiger partial charge in [0.25, 0.3) is 5.78 Å². The molecule has 0 fully saturated rings. The smallest absolute Gasteiger partial charge is 0.254 e. The first kappa shape index (κ1) is 16.7. The molecule has 4 heterocycles. The lowest BCUT2D eigenvalue weighted by atomic mass is 10.3. The Labute approximate surface area is 165 Å². The van der Waals surface area contributed by atoms with Gasteiger partial charge in [-0.2, -0.15) is 9.50 Å². The second kappa shape index (κ2) is 6.61. The van der Waals surface area contributed by atoms with Gasteiger partial charge in [0.2, 0.25) is 5.95 Å². The Hall–Kier alpha value is -3.46. The van der Waals surface area contributed by atoms with Crippen LogP contribution in [-0.4, -0.2) is 23.9 Å². The van der Waals surface area contributed by atoms with E-state index >= 15 is 0 Å². The first-order valence-electron chi connectivity index (χ1n) is 8.72. The molecule has 0 saturated carbocycles. The van der Waals surface area contributed by atoms with Crippen molar-refractivity contribution < 1.29 is 4.74 Å². The topological polar surface area (TPSA) is 79.6 Å². The van der Waals surface area contributed by atoms with Gasteiger partial charge < -0.3 is 14.8 Å². The number of nitrogens with zero attached hydrogens (tertiary/aromatic N) is 5. The summed E-state index contributed by atoms with van der Waals surface area (Å²) in [5.74, 6) is 2.63. The minimum absolute atomic E-state index is 0.506. The van der Waals surface area contributed by atoms with Gasteiger partial charge in [-0.25, -0.2) is 4.98 Å². The first-order valence-corrected chi connectivity index (χ1v) is 9.49. The van der Waals surface area contributed by atoms with Gasteiger partial charge in [0.15, 0.2) is 0 Å². The molecule has 28 heavy (non-hydrogen) atoms. The van der Waals surface area contributed by atoms with E-state index in [1.54, 1.807) is 4.52 Å². The molecule has 0 radical (unpaired) electrons. The number of allylic oxidation sites excluding steroid dienone is 2. The largest absolute Gasteiger partial charge is 0.457 e. The predicted octanol–water partition coefficient (Wildman–Crippen LogP) is 3.58. The molecule has 0 amide bonds. The van der Waals surface area contributed by atoms with E-state index in [0.29, 0.717) is 11.7 Å². The summed E-state index contributed by atoms with van der Waals surface area (Å²) in [6.07, 6.45) is 7.82. The highest BCUT2D eigenvalue weighted by atomic mass is 32.2. The minimum Gasteiger partial charge on any atom is -0.457 e. The van der Waals surface area contributed by atoms with Gasteiger partial charge in [-0.05, 0) is 50.3 Å². The van der Waals surface area contributed by atoms with Gasteiger partial charge in [0.05, 0.1) is 17.8 Å². The number of anilines is 2. The number of nitrogens with one attached hydrogen (secondary N) is 2. The third-order valence-corrected chi connectivity index (χ3v) is 4.99. The maximum atomic E-state index is 5.94. The van der Waals surface area contributed by atoms with Crippen molar-refractivity contribution in [1.82, 2.24) is 28.6 Å². The summed E-state index contributed by atoms with van der Waals surface area (Å²) in [7, 11) is 0. The molecular weight excluding hydrogens is 374 g/mol. The monoisotopic (exact) mass is 391 g/mol. The molecule has 2 N–H and O–H groups in total. The maximum Gasteiger partial charge on any atom is 0.254 e. The van der Waals surface area contributed by atoms with E-state index in [1.165, 1.54) is 12.1 Å². The zero-order valence-corrected chi connectivity index (χ0v) is 16.1. The van der Waals surface area contributed by atoms with Crippen LogP contribution in [-0.2, 0) is 0 Å². The van der Waals surface area contributed by atoms with Gasteiger partial charge in [-0.1, -0.05) is 0 Å². The zero-order valence-electron chi connectivity index (χ0n) is 15.2. The van der Waals surface area contributed by atoms with Crippen molar-refractivity contribution in [1.29, 1.82) is 0 Å². The summed E-state index contributed by atoms with van der Waals surface area (Å²) in [6, 6.07) is 9.64. The van der Waals surface area contributed by atoms with Gasteiger partial charge in [0.1, 0.15) is 11.5 Å². The van der Waals surface area contributed by atoms with Crippen LogP contribution in [0, 0.1) is 13.8 Å². The lowest BCUT2D eigenvalue weighted by Crippen LogP contribution is -2.08. The van der Waals surface area contributed by atoms with Crippen molar-refractivity contribution in [3.05, 3.63) is 77.7 Å². The lowest BCUT2D eigenvalue weighted by Gasteiger charge is -2.17. The Kier molecular flexibility index (Phi) is 3.94. The Morgan fingerprint density at radius 1 is 1.14 bits per heavy atom. The number of fused-ring (bicyclic) bond motifs is 2. The maximum absolute atomic E-state index is 5.94. The molecule has 2 aliphatic heterocycles. The molecule has 0 aliphatic carbocycles. The van der Waals surface area contributed by atoms with E-state index in [2.05, 4.69) is 25.1 Å². The van der Waals surface area contributed by atoms with Crippen molar-refractivity contribution in [2.75, 3.05) is 5.32 Å². The number of benzene rings is 1. The van der Waals surface area contributed by atoms with Gasteiger partial charge in [0, 0.05) is 35.6 Å². The highest BCUT2D eigenvalue weighted by Crippen LogP contribution is 2.29. The normalized spacial score (nSPS) is 15.1. The average Bonchev–Trinajstić information content (AvgIpc) is 3.29. The number of aryl methyl sites for hydroxylation is 2. The minimum atomic E-state index is 0.506. The Morgan fingerprint density at radius 2 is 2.00 bits per heavy atom. The van der Waals surface area contributed by atoms with Gasteiger partial charge >= 0.3 is 0 Å². The van der Waals surface area contributed by atoms with E-state index < -0.39 is 0 Å². The van der Waals surface area contributed by atoms with Crippen LogP contribution < -0.4 is 14.8 Å². The molecule has 2 aromatic heterocycles. The summed E-state index contributed by atoms with van der Waals surface area (Å²) >= 11 is 1.52. The van der Waals surface area contributed by atoms with E-state index in [-0.39, 0.29) is 0 Å². The van der Waals surface area contributed by atoms with Gasteiger partial charge in [-0.3, -0.25) is 4.31 Å². The van der Waals surface area contributed by atoms with Crippen LogP contribution in [0.3, 0.4) is 0 Å². The highest BCUT2D eigenvalue weighted by molar-refractivity contribution is 7.95. The number of aromatic nitrogens is 4. The molecule has 0 unspecified atom stereocenters. The molecule has 3 aromatic rings. The number of hydrogen-bond donors (Lipinski definition) is 2. The highest BCUT2D eigenvalue weighted by Gasteiger charge is 2.16. The van der Waals surface area contributed by atoms with Crippen molar-refractivity contribution in [3.8, 4) is 5.75 Å². The summed E-state index contributed by atoms with van der Waals surface area (Å²) in [6.45, 7) is 3.93. The van der Waals surface area contributed by atoms with Crippen LogP contribution in [0.1, 0.15) is 11.4 Å². The van der Waals surface area contributed by atoms with Crippen molar-refractivity contribution in [2.45, 2.75) is 13.8 Å². The van der Waals surface area contributed by atoms with E-state index in [4.69, 9.17) is 4.74 Å². The molecule has 0 saturated heterocycles. The zero-order chi connectivity index (χ0) is 19.1. The fourth-order valence-corrected chi connectivity index (χ4v) is 3.59. The SMILES string of the molecule is Cc1cc(C)n2nc(Nc3ccc(OC4=CC5=CNSN5C=C4)cc3)nc2n1. The Bertz CT molecular complexity index is 1150. The number of rotatable bonds is 4. The van der Waals surface area contributed by atoms with Crippen LogP contribution in [0.4, 0.5) is 11.6 Å². The Morgan fingerprint density at radius 3 is 2.86 bits per heavy atom. The van der Waals surface area contributed by atoms with E-state index in [9.17, 15) is 0 Å². The number of hydrogen-bond acceptors (Lipinski definition) is 8. The third-order valence-electron chi connectivity index (χ3n) is 4.24. The average molecular weight is 391 g/mol. The molecule has 0 atom stereocenters. The fraction of sp³-hybridized carbons (Fsp3) is 0.105. The summed E-state index contributed by atoms with van der Waals surface area (Å²) in [5.41, 5.74) is 3.83. The van der Waals surface area contributed by atoms with Crippen molar-refractivity contribution in [3.63, 3.8) is 0 Å². The summed E-state index contributed by atoms with van der Waals surface area (Å²) in [4.78, 5) is 8.84. The van der Waals surface area contributed by atoms with Crippen LogP contribution in [0.5, 0.6) is 5.75 Å². The molecule has 9 heteroatoms. The van der Waals surface area contributed by atoms with Crippen LogP contribution in [0.15, 0.2) is 66.3 Å². The van der Waals surface area contributed by atoms with E-state index in [0.717, 1.165) is 34.3 Å².